The third-order valence-electron chi connectivity index (χ3n) is 7.01. The molecule has 41 heavy (non-hydrogen) atoms. The SMILES string of the molecule is CCCCCCCCCCCCCCOc1c(Cl)cccc1OCC(=O)Nc1ccc(C[n+]2ccsc2C)cc1.[Br-]. The Labute approximate surface area is 266 Å². The number of aromatic nitrogens is 1. The maximum Gasteiger partial charge on any atom is 0.262 e. The molecule has 226 valence electrons. The molecular weight excluding hydrogens is 620 g/mol. The molecule has 3 aromatic rings. The van der Waals surface area contributed by atoms with Gasteiger partial charge in [-0.2, -0.15) is 4.57 Å². The first-order chi connectivity index (χ1) is 19.6. The lowest BCUT2D eigenvalue weighted by Gasteiger charge is -2.14. The normalized spacial score (nSPS) is 10.7. The molecule has 1 N–H and O–H groups in total. The van der Waals surface area contributed by atoms with E-state index in [9.17, 15) is 4.79 Å². The molecule has 1 amide bonds. The molecule has 5 nitrogen and oxygen atoms in total. The van der Waals surface area contributed by atoms with Crippen LogP contribution in [-0.4, -0.2) is 19.1 Å². The Morgan fingerprint density at radius 2 is 1.51 bits per heavy atom. The third-order valence-corrected chi connectivity index (χ3v) is 8.14. The van der Waals surface area contributed by atoms with E-state index >= 15 is 0 Å². The molecule has 0 saturated heterocycles. The second-order valence-electron chi connectivity index (χ2n) is 10.4. The van der Waals surface area contributed by atoms with Crippen LogP contribution in [0.5, 0.6) is 11.5 Å². The van der Waals surface area contributed by atoms with Gasteiger partial charge >= 0.3 is 0 Å². The molecular formula is C33H46BrClN2O3S. The fraction of sp³-hybridized carbons (Fsp3) is 0.515. The Balaban J connectivity index is 0.00000588. The Bertz CT molecular complexity index is 1140. The van der Waals surface area contributed by atoms with Crippen LogP contribution in [0.4, 0.5) is 5.69 Å². The highest BCUT2D eigenvalue weighted by Crippen LogP contribution is 2.35. The van der Waals surface area contributed by atoms with Gasteiger partial charge in [-0.1, -0.05) is 119 Å². The first-order valence-electron chi connectivity index (χ1n) is 14.9. The molecule has 0 unspecified atom stereocenters. The van der Waals surface area contributed by atoms with Crippen molar-refractivity contribution in [2.45, 2.75) is 97.4 Å². The number of ether oxygens (including phenoxy) is 2. The Kier molecular flexibility index (Phi) is 17.8. The van der Waals surface area contributed by atoms with Crippen molar-refractivity contribution in [3.63, 3.8) is 0 Å². The molecule has 0 fully saturated rings. The topological polar surface area (TPSA) is 51.4 Å². The van der Waals surface area contributed by atoms with Gasteiger partial charge in [0.05, 0.1) is 17.0 Å². The van der Waals surface area contributed by atoms with Crippen LogP contribution in [0.15, 0.2) is 54.0 Å². The van der Waals surface area contributed by atoms with Gasteiger partial charge in [-0.25, -0.2) is 0 Å². The number of unbranched alkanes of at least 4 members (excludes halogenated alkanes) is 11. The predicted molar refractivity (Wildman–Crippen MR) is 167 cm³/mol. The number of thiazole rings is 1. The van der Waals surface area contributed by atoms with Crippen molar-refractivity contribution < 1.29 is 35.8 Å². The molecule has 0 saturated carbocycles. The number of anilines is 1. The van der Waals surface area contributed by atoms with Crippen molar-refractivity contribution in [3.8, 4) is 11.5 Å². The van der Waals surface area contributed by atoms with E-state index in [0.29, 0.717) is 23.1 Å². The lowest BCUT2D eigenvalue weighted by Crippen LogP contribution is -3.00. The standard InChI is InChI=1S/C33H45ClN2O3S.BrH/c1-3-4-5-6-7-8-9-10-11-12-13-14-23-38-33-30(34)16-15-17-31(33)39-26-32(37)35-29-20-18-28(19-21-29)25-36-22-24-40-27(36)2;/h15-22,24H,3-14,23,25-26H2,1-2H3;1H. The van der Waals surface area contributed by atoms with Gasteiger partial charge in [0.2, 0.25) is 5.01 Å². The van der Waals surface area contributed by atoms with Gasteiger partial charge in [0, 0.05) is 18.2 Å². The van der Waals surface area contributed by atoms with Gasteiger partial charge in [-0.3, -0.25) is 4.79 Å². The summed E-state index contributed by atoms with van der Waals surface area (Å²) < 4.78 is 14.0. The summed E-state index contributed by atoms with van der Waals surface area (Å²) in [6.45, 7) is 5.64. The minimum Gasteiger partial charge on any atom is -1.00 e. The first-order valence-corrected chi connectivity index (χ1v) is 16.2. The Morgan fingerprint density at radius 1 is 0.878 bits per heavy atom. The van der Waals surface area contributed by atoms with Crippen LogP contribution in [0.1, 0.15) is 94.5 Å². The Hall–Kier alpha value is -2.09. The molecule has 3 rings (SSSR count). The number of aryl methyl sites for hydroxylation is 1. The molecule has 0 atom stereocenters. The molecule has 0 bridgehead atoms. The summed E-state index contributed by atoms with van der Waals surface area (Å²) in [5, 5.41) is 6.73. The molecule has 0 aliphatic rings. The highest BCUT2D eigenvalue weighted by molar-refractivity contribution is 7.09. The highest BCUT2D eigenvalue weighted by atomic mass is 79.9. The van der Waals surface area contributed by atoms with Gasteiger partial charge in [-0.05, 0) is 30.7 Å². The Morgan fingerprint density at radius 3 is 2.12 bits per heavy atom. The van der Waals surface area contributed by atoms with Crippen molar-refractivity contribution >= 4 is 34.5 Å². The number of carbonyl (C=O) groups is 1. The van der Waals surface area contributed by atoms with E-state index in [1.54, 1.807) is 29.5 Å². The number of benzene rings is 2. The molecule has 8 heteroatoms. The second kappa shape index (κ2) is 20.7. The summed E-state index contributed by atoms with van der Waals surface area (Å²) in [5.41, 5.74) is 1.91. The van der Waals surface area contributed by atoms with Gasteiger partial charge in [-0.15, -0.1) is 0 Å². The third kappa shape index (κ3) is 13.6. The van der Waals surface area contributed by atoms with Crippen molar-refractivity contribution in [2.75, 3.05) is 18.5 Å². The summed E-state index contributed by atoms with van der Waals surface area (Å²) in [6, 6.07) is 13.3. The zero-order valence-electron chi connectivity index (χ0n) is 24.6. The van der Waals surface area contributed by atoms with Crippen molar-refractivity contribution in [2.24, 2.45) is 0 Å². The smallest absolute Gasteiger partial charge is 0.262 e. The second-order valence-corrected chi connectivity index (χ2v) is 11.9. The summed E-state index contributed by atoms with van der Waals surface area (Å²) >= 11 is 8.12. The molecule has 0 aliphatic carbocycles. The van der Waals surface area contributed by atoms with E-state index in [0.717, 1.165) is 25.1 Å². The quantitative estimate of drug-likeness (QED) is 0.116. The maximum absolute atomic E-state index is 12.5. The van der Waals surface area contributed by atoms with E-state index in [1.807, 2.05) is 24.3 Å². The number of amides is 1. The number of para-hydroxylation sites is 1. The zero-order chi connectivity index (χ0) is 28.4. The average Bonchev–Trinajstić information content (AvgIpc) is 3.36. The number of hydrogen-bond donors (Lipinski definition) is 1. The van der Waals surface area contributed by atoms with Gasteiger partial charge < -0.3 is 31.8 Å². The molecule has 1 heterocycles. The number of rotatable bonds is 20. The van der Waals surface area contributed by atoms with Crippen molar-refractivity contribution in [1.29, 1.82) is 0 Å². The minimum atomic E-state index is -0.234. The van der Waals surface area contributed by atoms with Crippen LogP contribution < -0.4 is 36.3 Å². The van der Waals surface area contributed by atoms with Crippen LogP contribution in [0.25, 0.3) is 0 Å². The first kappa shape index (κ1) is 35.1. The van der Waals surface area contributed by atoms with Crippen LogP contribution in [0.3, 0.4) is 0 Å². The van der Waals surface area contributed by atoms with Crippen molar-refractivity contribution in [1.82, 2.24) is 0 Å². The van der Waals surface area contributed by atoms with Gasteiger partial charge in [0.25, 0.3) is 5.91 Å². The van der Waals surface area contributed by atoms with Gasteiger partial charge in [0.1, 0.15) is 0 Å². The lowest BCUT2D eigenvalue weighted by atomic mass is 10.1. The number of nitrogens with zero attached hydrogens (tertiary/aromatic N) is 1. The molecule has 0 aliphatic heterocycles. The predicted octanol–water partition coefficient (Wildman–Crippen LogP) is 6.15. The molecule has 0 radical (unpaired) electrons. The number of nitrogens with one attached hydrogen (secondary N) is 1. The van der Waals surface area contributed by atoms with Crippen LogP contribution >= 0.6 is 22.9 Å². The largest absolute Gasteiger partial charge is 1.00 e. The summed E-state index contributed by atoms with van der Waals surface area (Å²) in [5.74, 6) is 0.758. The van der Waals surface area contributed by atoms with Crippen molar-refractivity contribution in [3.05, 3.63) is 69.6 Å². The monoisotopic (exact) mass is 664 g/mol. The summed E-state index contributed by atoms with van der Waals surface area (Å²) in [4.78, 5) is 12.5. The molecule has 2 aromatic carbocycles. The van der Waals surface area contributed by atoms with Crippen LogP contribution in [0, 0.1) is 6.92 Å². The average molecular weight is 666 g/mol. The fourth-order valence-corrected chi connectivity index (χ4v) is 5.52. The van der Waals surface area contributed by atoms with E-state index in [4.69, 9.17) is 21.1 Å². The van der Waals surface area contributed by atoms with E-state index in [2.05, 4.69) is 35.3 Å². The van der Waals surface area contributed by atoms with E-state index in [1.165, 1.54) is 74.8 Å². The fourth-order valence-electron chi connectivity index (χ4n) is 4.63. The minimum absolute atomic E-state index is 0. The van der Waals surface area contributed by atoms with E-state index < -0.39 is 0 Å². The zero-order valence-corrected chi connectivity index (χ0v) is 27.8. The summed E-state index contributed by atoms with van der Waals surface area (Å²) in [7, 11) is 0. The number of hydrogen-bond acceptors (Lipinski definition) is 4. The van der Waals surface area contributed by atoms with Crippen LogP contribution in [0.2, 0.25) is 5.02 Å². The number of halogens is 2. The van der Waals surface area contributed by atoms with Crippen LogP contribution in [-0.2, 0) is 11.3 Å². The summed E-state index contributed by atoms with van der Waals surface area (Å²) in [6.07, 6.45) is 17.7. The lowest BCUT2D eigenvalue weighted by molar-refractivity contribution is -0.689. The maximum atomic E-state index is 12.5. The highest BCUT2D eigenvalue weighted by Gasteiger charge is 2.13. The van der Waals surface area contributed by atoms with E-state index in [-0.39, 0.29) is 29.5 Å². The molecule has 1 aromatic heterocycles. The molecule has 0 spiro atoms. The van der Waals surface area contributed by atoms with Gasteiger partial charge in [0.15, 0.2) is 30.8 Å². The number of carbonyl (C=O) groups excluding carboxylic acids is 1.